The van der Waals surface area contributed by atoms with Crippen LogP contribution in [-0.4, -0.2) is 58.6 Å². The first-order valence-electron chi connectivity index (χ1n) is 10.2. The van der Waals surface area contributed by atoms with Crippen molar-refractivity contribution < 1.29 is 36.3 Å². The van der Waals surface area contributed by atoms with Gasteiger partial charge in [0.1, 0.15) is 29.1 Å². The van der Waals surface area contributed by atoms with Crippen molar-refractivity contribution in [1.82, 2.24) is 14.9 Å². The summed E-state index contributed by atoms with van der Waals surface area (Å²) >= 11 is 0. The van der Waals surface area contributed by atoms with Crippen molar-refractivity contribution in [2.75, 3.05) is 19.0 Å². The normalized spacial score (nSPS) is 25.2. The van der Waals surface area contributed by atoms with Crippen molar-refractivity contribution in [2.45, 2.75) is 30.9 Å². The highest BCUT2D eigenvalue weighted by atomic mass is 19.4. The van der Waals surface area contributed by atoms with E-state index in [2.05, 4.69) is 20.3 Å². The van der Waals surface area contributed by atoms with Crippen LogP contribution >= 0.6 is 0 Å². The summed E-state index contributed by atoms with van der Waals surface area (Å²) in [5, 5.41) is 2.42. The summed E-state index contributed by atoms with van der Waals surface area (Å²) in [7, 11) is 1.15. The van der Waals surface area contributed by atoms with Crippen molar-refractivity contribution in [3.8, 4) is 0 Å². The van der Waals surface area contributed by atoms with Gasteiger partial charge in [-0.2, -0.15) is 13.2 Å². The van der Waals surface area contributed by atoms with Crippen LogP contribution in [0.15, 0.2) is 35.6 Å². The van der Waals surface area contributed by atoms with Crippen LogP contribution in [0.3, 0.4) is 0 Å². The number of nitrogens with one attached hydrogen (secondary N) is 1. The van der Waals surface area contributed by atoms with E-state index in [1.54, 1.807) is 0 Å². The van der Waals surface area contributed by atoms with Crippen molar-refractivity contribution in [1.29, 1.82) is 0 Å². The Morgan fingerprint density at radius 1 is 1.31 bits per heavy atom. The Morgan fingerprint density at radius 2 is 2.03 bits per heavy atom. The lowest BCUT2D eigenvalue weighted by atomic mass is 9.76. The molecule has 0 spiro atoms. The number of anilines is 1. The lowest BCUT2D eigenvalue weighted by Gasteiger charge is -2.39. The lowest BCUT2D eigenvalue weighted by molar-refractivity contribution is -0.218. The number of rotatable bonds is 4. The van der Waals surface area contributed by atoms with Gasteiger partial charge in [-0.25, -0.2) is 18.8 Å². The number of aliphatic imine (C=N–C) groups is 1. The first-order valence-corrected chi connectivity index (χ1v) is 10.2. The monoisotopic (exact) mass is 498 g/mol. The summed E-state index contributed by atoms with van der Waals surface area (Å²) in [5.74, 6) is -5.16. The average molecular weight is 498 g/mol. The molecule has 0 radical (unpaired) electrons. The number of nitrogens with zero attached hydrogens (tertiary/aromatic N) is 4. The predicted molar refractivity (Wildman–Crippen MR) is 111 cm³/mol. The molecular formula is C21H19F5N6O3. The van der Waals surface area contributed by atoms with Gasteiger partial charge >= 0.3 is 6.18 Å². The molecule has 0 bridgehead atoms. The lowest BCUT2D eigenvalue weighted by Crippen LogP contribution is -2.57. The molecule has 1 unspecified atom stereocenters. The third-order valence-electron chi connectivity index (χ3n) is 5.88. The minimum Gasteiger partial charge on any atom is -0.369 e. The predicted octanol–water partition coefficient (Wildman–Crippen LogP) is 2.46. The molecule has 14 heteroatoms. The average Bonchev–Trinajstić information content (AvgIpc) is 3.19. The minimum absolute atomic E-state index is 0.0126. The molecule has 2 aliphatic rings. The van der Waals surface area contributed by atoms with Crippen LogP contribution in [0.2, 0.25) is 0 Å². The fourth-order valence-electron chi connectivity index (χ4n) is 4.07. The number of fused-ring (bicyclic) bond motifs is 1. The van der Waals surface area contributed by atoms with Gasteiger partial charge in [0.05, 0.1) is 24.7 Å². The topological polar surface area (TPSA) is 123 Å². The van der Waals surface area contributed by atoms with Crippen LogP contribution in [0.1, 0.15) is 34.8 Å². The zero-order valence-electron chi connectivity index (χ0n) is 18.3. The summed E-state index contributed by atoms with van der Waals surface area (Å²) in [6.45, 7) is 0.473. The molecule has 4 atom stereocenters. The van der Waals surface area contributed by atoms with Gasteiger partial charge < -0.3 is 15.8 Å². The number of alkyl halides is 4. The number of benzene rings is 1. The Labute approximate surface area is 195 Å². The number of amides is 2. The molecule has 0 aliphatic carbocycles. The van der Waals surface area contributed by atoms with Gasteiger partial charge in [-0.05, 0) is 25.1 Å². The highest BCUT2D eigenvalue weighted by Crippen LogP contribution is 2.51. The number of carbonyl (C=O) groups is 2. The summed E-state index contributed by atoms with van der Waals surface area (Å²) in [5.41, 5.74) is 3.04. The number of carbonyl (C=O) groups excluding carboxylic acids is 2. The standard InChI is InChI=1S/C21H19F5N6O3/c1-9(22)13-6-29-14(7-28-13)17(33)30-10-3-4-12(23)11(5-10)20-8-35-16(21(24,25)26)15(20)18(34)32(2)19(27)31-20/h3-7,9,15-16H,8H2,1-2H3,(H2,27,31)(H,30,33)/t9?,15-,16-,20+/m0/s1. The third kappa shape index (κ3) is 4.17. The summed E-state index contributed by atoms with van der Waals surface area (Å²) < 4.78 is 74.2. The first-order chi connectivity index (χ1) is 16.3. The second-order valence-electron chi connectivity index (χ2n) is 8.13. The molecule has 186 valence electrons. The van der Waals surface area contributed by atoms with E-state index in [1.165, 1.54) is 6.92 Å². The quantitative estimate of drug-likeness (QED) is 0.625. The summed E-state index contributed by atoms with van der Waals surface area (Å²) in [6, 6.07) is 3.13. The number of nitrogens with two attached hydrogens (primary N) is 1. The van der Waals surface area contributed by atoms with Crippen molar-refractivity contribution in [2.24, 2.45) is 16.6 Å². The highest BCUT2D eigenvalue weighted by molar-refractivity contribution is 6.03. The maximum atomic E-state index is 15.0. The SMILES string of the molecule is CC(F)c1cnc(C(=O)Nc2ccc(F)c([C@]34CO[C@H](C(F)(F)F)[C@H]3C(=O)N(C)C(N)=N4)c2)cn1. The van der Waals surface area contributed by atoms with Crippen molar-refractivity contribution in [3.63, 3.8) is 0 Å². The van der Waals surface area contributed by atoms with E-state index < -0.39 is 65.7 Å². The first kappa shape index (κ1) is 24.4. The Morgan fingerprint density at radius 3 is 2.63 bits per heavy atom. The highest BCUT2D eigenvalue weighted by Gasteiger charge is 2.66. The molecule has 0 saturated carbocycles. The molecule has 2 aromatic rings. The van der Waals surface area contributed by atoms with Crippen LogP contribution in [0.5, 0.6) is 0 Å². The number of ether oxygens (including phenoxy) is 1. The molecule has 1 aromatic heterocycles. The van der Waals surface area contributed by atoms with E-state index in [9.17, 15) is 27.2 Å². The molecule has 1 saturated heterocycles. The maximum Gasteiger partial charge on any atom is 0.415 e. The van der Waals surface area contributed by atoms with Gasteiger partial charge in [0.15, 0.2) is 12.1 Å². The van der Waals surface area contributed by atoms with Gasteiger partial charge in [0, 0.05) is 18.3 Å². The van der Waals surface area contributed by atoms with Crippen molar-refractivity contribution in [3.05, 3.63) is 53.4 Å². The fourth-order valence-corrected chi connectivity index (χ4v) is 4.07. The van der Waals surface area contributed by atoms with Crippen molar-refractivity contribution >= 4 is 23.5 Å². The number of hydrogen-bond acceptors (Lipinski definition) is 7. The number of hydrogen-bond donors (Lipinski definition) is 2. The largest absolute Gasteiger partial charge is 0.415 e. The van der Waals surface area contributed by atoms with E-state index in [4.69, 9.17) is 10.5 Å². The van der Waals surface area contributed by atoms with Crippen LogP contribution in [-0.2, 0) is 15.1 Å². The molecule has 4 rings (SSSR count). The number of halogens is 5. The van der Waals surface area contributed by atoms with Crippen LogP contribution in [0.25, 0.3) is 0 Å². The number of aromatic nitrogens is 2. The van der Waals surface area contributed by atoms with Gasteiger partial charge in [0.2, 0.25) is 5.91 Å². The number of guanidine groups is 1. The zero-order valence-corrected chi connectivity index (χ0v) is 18.3. The Kier molecular flexibility index (Phi) is 5.95. The van der Waals surface area contributed by atoms with Crippen LogP contribution in [0, 0.1) is 11.7 Å². The Bertz CT molecular complexity index is 1200. The molecule has 9 nitrogen and oxygen atoms in total. The second kappa shape index (κ2) is 8.52. The van der Waals surface area contributed by atoms with Gasteiger partial charge in [-0.1, -0.05) is 0 Å². The molecule has 3 N–H and O–H groups in total. The third-order valence-corrected chi connectivity index (χ3v) is 5.88. The molecule has 1 fully saturated rings. The van der Waals surface area contributed by atoms with Gasteiger partial charge in [-0.15, -0.1) is 0 Å². The molecule has 35 heavy (non-hydrogen) atoms. The van der Waals surface area contributed by atoms with E-state index in [1.807, 2.05) is 0 Å². The van der Waals surface area contributed by atoms with E-state index >= 15 is 4.39 Å². The molecular weight excluding hydrogens is 479 g/mol. The van der Waals surface area contributed by atoms with E-state index in [0.29, 0.717) is 0 Å². The smallest absolute Gasteiger partial charge is 0.369 e. The molecule has 3 heterocycles. The second-order valence-corrected chi connectivity index (χ2v) is 8.13. The molecule has 2 aliphatic heterocycles. The fraction of sp³-hybridized carbons (Fsp3) is 0.381. The summed E-state index contributed by atoms with van der Waals surface area (Å²) in [4.78, 5) is 37.8. The van der Waals surface area contributed by atoms with Crippen LogP contribution < -0.4 is 11.1 Å². The molecule has 1 aromatic carbocycles. The van der Waals surface area contributed by atoms with E-state index in [-0.39, 0.29) is 17.1 Å². The van der Waals surface area contributed by atoms with Gasteiger partial charge in [-0.3, -0.25) is 19.5 Å². The summed E-state index contributed by atoms with van der Waals surface area (Å²) in [6.07, 6.45) is -6.76. The molecule has 2 amide bonds. The van der Waals surface area contributed by atoms with Crippen LogP contribution in [0.4, 0.5) is 27.6 Å². The van der Waals surface area contributed by atoms with Gasteiger partial charge in [0.25, 0.3) is 5.91 Å². The van der Waals surface area contributed by atoms with E-state index in [0.717, 1.165) is 42.5 Å². The zero-order chi connectivity index (χ0) is 25.7. The Balaban J connectivity index is 1.73. The Hall–Kier alpha value is -3.68. The minimum atomic E-state index is -4.94. The maximum absolute atomic E-state index is 15.0.